The van der Waals surface area contributed by atoms with E-state index in [9.17, 15) is 0 Å². The van der Waals surface area contributed by atoms with Gasteiger partial charge in [0.05, 0.1) is 25.9 Å². The molecule has 120 valence electrons. The van der Waals surface area contributed by atoms with E-state index in [1.807, 2.05) is 0 Å². The van der Waals surface area contributed by atoms with Gasteiger partial charge in [-0.2, -0.15) is 0 Å². The summed E-state index contributed by atoms with van der Waals surface area (Å²) in [6, 6.07) is 8.51. The van der Waals surface area contributed by atoms with Crippen molar-refractivity contribution in [3.8, 4) is 0 Å². The van der Waals surface area contributed by atoms with Gasteiger partial charge in [-0.15, -0.1) is 0 Å². The summed E-state index contributed by atoms with van der Waals surface area (Å²) in [5.41, 5.74) is 8.64. The Morgan fingerprint density at radius 1 is 1.00 bits per heavy atom. The largest absolute Gasteiger partial charge is 0.379 e. The molecule has 2 N–H and O–H groups in total. The molecular weight excluding hydrogens is 262 g/mol. The quantitative estimate of drug-likeness (QED) is 0.632. The Kier molecular flexibility index (Phi) is 9.31. The molecule has 0 aliphatic heterocycles. The molecule has 0 saturated heterocycles. The van der Waals surface area contributed by atoms with Gasteiger partial charge < -0.3 is 15.2 Å². The topological polar surface area (TPSA) is 44.5 Å². The maximum Gasteiger partial charge on any atom is 0.0701 e. The lowest BCUT2D eigenvalue weighted by Gasteiger charge is -2.14. The number of hydrogen-bond donors (Lipinski definition) is 1. The highest BCUT2D eigenvalue weighted by atomic mass is 16.5. The van der Waals surface area contributed by atoms with Gasteiger partial charge in [0.25, 0.3) is 0 Å². The molecular formula is C18H31NO2. The van der Waals surface area contributed by atoms with Gasteiger partial charge in [0.15, 0.2) is 0 Å². The van der Waals surface area contributed by atoms with E-state index in [1.165, 1.54) is 12.0 Å². The predicted molar refractivity (Wildman–Crippen MR) is 88.5 cm³/mol. The van der Waals surface area contributed by atoms with E-state index in [4.69, 9.17) is 15.2 Å². The van der Waals surface area contributed by atoms with Crippen LogP contribution in [-0.2, 0) is 15.9 Å². The molecule has 0 aromatic heterocycles. The van der Waals surface area contributed by atoms with Crippen LogP contribution in [0.2, 0.25) is 0 Å². The molecule has 0 radical (unpaired) electrons. The van der Waals surface area contributed by atoms with E-state index >= 15 is 0 Å². The van der Waals surface area contributed by atoms with Gasteiger partial charge in [-0.1, -0.05) is 51.5 Å². The van der Waals surface area contributed by atoms with Gasteiger partial charge in [-0.25, -0.2) is 0 Å². The van der Waals surface area contributed by atoms with Crippen molar-refractivity contribution in [2.24, 2.45) is 11.7 Å². The van der Waals surface area contributed by atoms with Crippen molar-refractivity contribution in [2.75, 3.05) is 26.4 Å². The summed E-state index contributed by atoms with van der Waals surface area (Å²) in [6.45, 7) is 9.25. The zero-order chi connectivity index (χ0) is 15.5. The summed E-state index contributed by atoms with van der Waals surface area (Å²) in [6.07, 6.45) is 3.39. The van der Waals surface area contributed by atoms with Crippen LogP contribution in [0.25, 0.3) is 0 Å². The second kappa shape index (κ2) is 10.8. The average Bonchev–Trinajstić information content (AvgIpc) is 2.46. The molecule has 0 bridgehead atoms. The first kappa shape index (κ1) is 18.1. The first-order chi connectivity index (χ1) is 10.1. The first-order valence-corrected chi connectivity index (χ1v) is 8.13. The van der Waals surface area contributed by atoms with Gasteiger partial charge in [-0.3, -0.25) is 0 Å². The molecule has 1 unspecified atom stereocenters. The van der Waals surface area contributed by atoms with E-state index in [1.54, 1.807) is 0 Å². The minimum Gasteiger partial charge on any atom is -0.379 e. The lowest BCUT2D eigenvalue weighted by atomic mass is 10.00. The molecule has 0 aliphatic rings. The molecule has 1 aromatic carbocycles. The minimum atomic E-state index is -0.0614. The maximum absolute atomic E-state index is 6.14. The van der Waals surface area contributed by atoms with Gasteiger partial charge in [0.2, 0.25) is 0 Å². The van der Waals surface area contributed by atoms with Crippen LogP contribution in [-0.4, -0.2) is 26.4 Å². The lowest BCUT2D eigenvalue weighted by molar-refractivity contribution is 0.0416. The highest BCUT2D eigenvalue weighted by Gasteiger charge is 2.06. The van der Waals surface area contributed by atoms with Crippen molar-refractivity contribution < 1.29 is 9.47 Å². The summed E-state index contributed by atoms with van der Waals surface area (Å²) in [4.78, 5) is 0. The van der Waals surface area contributed by atoms with Crippen molar-refractivity contribution >= 4 is 0 Å². The summed E-state index contributed by atoms with van der Waals surface area (Å²) in [5, 5.41) is 0. The second-order valence-electron chi connectivity index (χ2n) is 5.99. The third kappa shape index (κ3) is 8.20. The molecule has 0 saturated carbocycles. The van der Waals surface area contributed by atoms with Crippen LogP contribution in [0.4, 0.5) is 0 Å². The summed E-state index contributed by atoms with van der Waals surface area (Å²) in [7, 11) is 0. The lowest BCUT2D eigenvalue weighted by Crippen LogP contribution is -2.18. The number of hydrogen-bond acceptors (Lipinski definition) is 3. The summed E-state index contributed by atoms with van der Waals surface area (Å²) < 4.78 is 11.0. The Hall–Kier alpha value is -0.900. The van der Waals surface area contributed by atoms with Crippen molar-refractivity contribution in [1.82, 2.24) is 0 Å². The Morgan fingerprint density at radius 2 is 1.67 bits per heavy atom. The Labute approximate surface area is 129 Å². The number of rotatable bonds is 11. The fourth-order valence-electron chi connectivity index (χ4n) is 2.15. The van der Waals surface area contributed by atoms with Crippen LogP contribution in [0.15, 0.2) is 24.3 Å². The molecule has 1 rings (SSSR count). The van der Waals surface area contributed by atoms with Crippen LogP contribution < -0.4 is 5.73 Å². The van der Waals surface area contributed by atoms with E-state index in [-0.39, 0.29) is 6.04 Å². The minimum absolute atomic E-state index is 0.0614. The SMILES string of the molecule is CCCCOCCOCC(N)c1ccc(CC(C)C)cc1. The van der Waals surface area contributed by atoms with Gasteiger partial charge >= 0.3 is 0 Å². The fraction of sp³-hybridized carbons (Fsp3) is 0.667. The van der Waals surface area contributed by atoms with Crippen molar-refractivity contribution in [1.29, 1.82) is 0 Å². The second-order valence-corrected chi connectivity index (χ2v) is 5.99. The molecule has 1 atom stereocenters. The average molecular weight is 293 g/mol. The van der Waals surface area contributed by atoms with Crippen LogP contribution in [0.5, 0.6) is 0 Å². The standard InChI is InChI=1S/C18H31NO2/c1-4-5-10-20-11-12-21-14-18(19)17-8-6-16(7-9-17)13-15(2)3/h6-9,15,18H,4-5,10-14,19H2,1-3H3. The highest BCUT2D eigenvalue weighted by Crippen LogP contribution is 2.14. The Bertz CT molecular complexity index is 362. The first-order valence-electron chi connectivity index (χ1n) is 8.13. The van der Waals surface area contributed by atoms with Crippen molar-refractivity contribution in [3.63, 3.8) is 0 Å². The molecule has 21 heavy (non-hydrogen) atoms. The van der Waals surface area contributed by atoms with E-state index in [0.717, 1.165) is 25.0 Å². The number of unbranched alkanes of at least 4 members (excludes halogenated alkanes) is 1. The van der Waals surface area contributed by atoms with Gasteiger partial charge in [0, 0.05) is 6.61 Å². The third-order valence-corrected chi connectivity index (χ3v) is 3.36. The van der Waals surface area contributed by atoms with Crippen LogP contribution in [0, 0.1) is 5.92 Å². The molecule has 0 spiro atoms. The molecule has 0 amide bonds. The monoisotopic (exact) mass is 293 g/mol. The smallest absolute Gasteiger partial charge is 0.0701 e. The van der Waals surface area contributed by atoms with Crippen molar-refractivity contribution in [2.45, 2.75) is 46.1 Å². The summed E-state index contributed by atoms with van der Waals surface area (Å²) in [5.74, 6) is 0.681. The zero-order valence-corrected chi connectivity index (χ0v) is 13.8. The molecule has 1 aromatic rings. The maximum atomic E-state index is 6.14. The predicted octanol–water partition coefficient (Wildman–Crippen LogP) is 3.72. The molecule has 0 fully saturated rings. The van der Waals surface area contributed by atoms with Crippen LogP contribution >= 0.6 is 0 Å². The molecule has 0 heterocycles. The number of ether oxygens (including phenoxy) is 2. The van der Waals surface area contributed by atoms with Crippen LogP contribution in [0.3, 0.4) is 0 Å². The van der Waals surface area contributed by atoms with E-state index in [0.29, 0.717) is 25.7 Å². The molecule has 3 nitrogen and oxygen atoms in total. The third-order valence-electron chi connectivity index (χ3n) is 3.36. The molecule has 0 aliphatic carbocycles. The van der Waals surface area contributed by atoms with Gasteiger partial charge in [0.1, 0.15) is 0 Å². The molecule has 3 heteroatoms. The number of nitrogens with two attached hydrogens (primary N) is 1. The number of benzene rings is 1. The zero-order valence-electron chi connectivity index (χ0n) is 13.8. The van der Waals surface area contributed by atoms with Gasteiger partial charge in [-0.05, 0) is 29.9 Å². The normalized spacial score (nSPS) is 12.8. The van der Waals surface area contributed by atoms with E-state index < -0.39 is 0 Å². The Balaban J connectivity index is 2.21. The summed E-state index contributed by atoms with van der Waals surface area (Å²) >= 11 is 0. The Morgan fingerprint density at radius 3 is 2.29 bits per heavy atom. The van der Waals surface area contributed by atoms with Crippen LogP contribution in [0.1, 0.15) is 50.8 Å². The van der Waals surface area contributed by atoms with E-state index in [2.05, 4.69) is 45.0 Å². The fourth-order valence-corrected chi connectivity index (χ4v) is 2.15. The highest BCUT2D eigenvalue weighted by molar-refractivity contribution is 5.25. The van der Waals surface area contributed by atoms with Crippen molar-refractivity contribution in [3.05, 3.63) is 35.4 Å².